The van der Waals surface area contributed by atoms with E-state index in [4.69, 9.17) is 11.6 Å². The van der Waals surface area contributed by atoms with E-state index in [2.05, 4.69) is 73.0 Å². The number of carbonyl (C=O) groups is 1. The molecule has 1 amide bonds. The molecule has 1 heterocycles. The number of rotatable bonds is 11. The van der Waals surface area contributed by atoms with Gasteiger partial charge in [-0.15, -0.1) is 5.11 Å². The Hall–Kier alpha value is -4.11. The lowest BCUT2D eigenvalue weighted by molar-refractivity contribution is -0.115. The van der Waals surface area contributed by atoms with Gasteiger partial charge in [-0.1, -0.05) is 56.1 Å². The second kappa shape index (κ2) is 14.8. The van der Waals surface area contributed by atoms with Crippen LogP contribution in [0.25, 0.3) is 10.8 Å². The number of anilines is 5. The van der Waals surface area contributed by atoms with E-state index in [1.54, 1.807) is 49.4 Å². The highest BCUT2D eigenvalue weighted by Crippen LogP contribution is 2.33. The van der Waals surface area contributed by atoms with Gasteiger partial charge in [-0.25, -0.2) is 0 Å². The number of nitrogens with one attached hydrogen (secondary N) is 3. The number of hydrogen-bond donors (Lipinski definition) is 5. The third-order valence-corrected chi connectivity index (χ3v) is 10.9. The van der Waals surface area contributed by atoms with Crippen LogP contribution in [0.5, 0.6) is 0 Å². The Balaban J connectivity index is 1.38. The van der Waals surface area contributed by atoms with E-state index < -0.39 is 35.9 Å². The van der Waals surface area contributed by atoms with E-state index >= 15 is 0 Å². The van der Waals surface area contributed by atoms with Gasteiger partial charge in [-0.3, -0.25) is 13.9 Å². The molecule has 0 radical (unpaired) electrons. The van der Waals surface area contributed by atoms with Gasteiger partial charge in [0.15, 0.2) is 0 Å². The van der Waals surface area contributed by atoms with Crippen molar-refractivity contribution in [2.75, 3.05) is 21.3 Å². The van der Waals surface area contributed by atoms with E-state index in [1.807, 2.05) is 0 Å². The smallest absolute Gasteiger partial charge is 0.296 e. The first-order chi connectivity index (χ1) is 23.1. The summed E-state index contributed by atoms with van der Waals surface area (Å²) in [5.74, 6) is -0.592. The summed E-state index contributed by atoms with van der Waals surface area (Å²) in [5, 5.41) is 17.8. The second-order valence-corrected chi connectivity index (χ2v) is 15.0. The molecule has 0 bridgehead atoms. The highest BCUT2D eigenvalue weighted by molar-refractivity contribution is 9.12. The summed E-state index contributed by atoms with van der Waals surface area (Å²) < 4.78 is 67.2. The molecule has 0 aliphatic carbocycles. The molecule has 0 aliphatic heterocycles. The molecule has 5 aromatic rings. The molecule has 5 N–H and O–H groups in total. The van der Waals surface area contributed by atoms with Gasteiger partial charge in [0.2, 0.25) is 23.1 Å². The number of hydrogen-bond acceptors (Lipinski definition) is 12. The number of nitrogens with zero attached hydrogens (tertiary/aromatic N) is 5. The Labute approximate surface area is 301 Å². The first-order valence-corrected chi connectivity index (χ1v) is 19.0. The van der Waals surface area contributed by atoms with E-state index in [9.17, 15) is 30.7 Å². The predicted octanol–water partition coefficient (Wildman–Crippen LogP) is 7.48. The minimum Gasteiger partial charge on any atom is -0.325 e. The zero-order valence-electron chi connectivity index (χ0n) is 24.8. The summed E-state index contributed by atoms with van der Waals surface area (Å²) in [6, 6.07) is 18.1. The minimum absolute atomic E-state index is 0.0148. The van der Waals surface area contributed by atoms with Gasteiger partial charge in [-0.05, 0) is 72.6 Å². The lowest BCUT2D eigenvalue weighted by atomic mass is 10.1. The second-order valence-electron chi connectivity index (χ2n) is 10.1. The van der Waals surface area contributed by atoms with Crippen molar-refractivity contribution in [3.8, 4) is 0 Å². The van der Waals surface area contributed by atoms with Crippen LogP contribution in [0.2, 0.25) is 5.28 Å². The van der Waals surface area contributed by atoms with Crippen LogP contribution in [-0.2, 0) is 25.0 Å². The highest BCUT2D eigenvalue weighted by Gasteiger charge is 2.20. The molecule has 0 spiro atoms. The zero-order valence-corrected chi connectivity index (χ0v) is 30.4. The molecule has 0 aliphatic rings. The molecule has 0 saturated heterocycles. The first kappa shape index (κ1) is 36.2. The van der Waals surface area contributed by atoms with E-state index in [-0.39, 0.29) is 33.5 Å². The molecular formula is C29H23Br2ClN8O7S2. The number of azo groups is 1. The summed E-state index contributed by atoms with van der Waals surface area (Å²) in [7, 11) is -9.15. The van der Waals surface area contributed by atoms with Crippen molar-refractivity contribution < 1.29 is 30.7 Å². The van der Waals surface area contributed by atoms with Gasteiger partial charge < -0.3 is 16.0 Å². The Bertz CT molecular complexity index is 2350. The molecular weight excluding hydrogens is 832 g/mol. The number of fused-ring (bicyclic) bond motifs is 1. The topological polar surface area (TPSA) is 225 Å². The van der Waals surface area contributed by atoms with Crippen molar-refractivity contribution in [1.29, 1.82) is 0 Å². The predicted molar refractivity (Wildman–Crippen MR) is 192 cm³/mol. The first-order valence-electron chi connectivity index (χ1n) is 13.7. The quantitative estimate of drug-likeness (QED) is 0.0495. The normalized spacial score (nSPS) is 12.6. The molecule has 1 unspecified atom stereocenters. The number of amides is 1. The largest absolute Gasteiger partial charge is 0.325 e. The lowest BCUT2D eigenvalue weighted by Crippen LogP contribution is -2.23. The molecule has 1 atom stereocenters. The van der Waals surface area contributed by atoms with Crippen molar-refractivity contribution in [3.63, 3.8) is 0 Å². The maximum atomic E-state index is 12.3. The van der Waals surface area contributed by atoms with Gasteiger partial charge in [0.1, 0.15) is 14.6 Å². The zero-order chi connectivity index (χ0) is 35.5. The third-order valence-electron chi connectivity index (χ3n) is 6.65. The van der Waals surface area contributed by atoms with Crippen LogP contribution >= 0.6 is 43.5 Å². The van der Waals surface area contributed by atoms with Crippen LogP contribution in [0.15, 0.2) is 92.8 Å². The lowest BCUT2D eigenvalue weighted by Gasteiger charge is -2.14. The number of carbonyl (C=O) groups excluding carboxylic acids is 1. The summed E-state index contributed by atoms with van der Waals surface area (Å²) in [6.45, 7) is 1.78. The van der Waals surface area contributed by atoms with Gasteiger partial charge in [0.25, 0.3) is 20.2 Å². The highest BCUT2D eigenvalue weighted by atomic mass is 79.9. The molecule has 20 heteroatoms. The third kappa shape index (κ3) is 8.93. The Kier molecular flexibility index (Phi) is 10.9. The average Bonchev–Trinajstić information content (AvgIpc) is 3.02. The molecule has 15 nitrogen and oxygen atoms in total. The summed E-state index contributed by atoms with van der Waals surface area (Å²) in [6.07, 6.45) is 0. The maximum absolute atomic E-state index is 12.3. The molecule has 1 aromatic heterocycles. The van der Waals surface area contributed by atoms with Crippen molar-refractivity contribution >= 4 is 121 Å². The average molecular weight is 855 g/mol. The SMILES string of the molecule is Cc1cc(Nc2nc(Cl)nc(Nc3cc(NC(=O)C(Br)CBr)ccc3S(=O)(=O)O)n2)ccc1N=Nc1cccc2c(S(=O)(=O)O)cccc12. The fraction of sp³-hybridized carbons (Fsp3) is 0.103. The molecule has 254 valence electrons. The van der Waals surface area contributed by atoms with E-state index in [0.717, 1.165) is 6.07 Å². The molecule has 5 rings (SSSR count). The van der Waals surface area contributed by atoms with Crippen LogP contribution in [-0.4, -0.2) is 57.0 Å². The van der Waals surface area contributed by atoms with E-state index in [1.165, 1.54) is 24.3 Å². The van der Waals surface area contributed by atoms with Crippen LogP contribution in [0.3, 0.4) is 0 Å². The number of halogens is 3. The Morgan fingerprint density at radius 1 is 0.816 bits per heavy atom. The monoisotopic (exact) mass is 852 g/mol. The maximum Gasteiger partial charge on any atom is 0.296 e. The van der Waals surface area contributed by atoms with Gasteiger partial charge in [0, 0.05) is 27.5 Å². The van der Waals surface area contributed by atoms with Gasteiger partial charge in [-0.2, -0.15) is 36.9 Å². The number of aryl methyl sites for hydroxylation is 1. The van der Waals surface area contributed by atoms with Crippen LogP contribution in [0, 0.1) is 6.92 Å². The number of alkyl halides is 2. The minimum atomic E-state index is -4.70. The van der Waals surface area contributed by atoms with Crippen LogP contribution < -0.4 is 16.0 Å². The fourth-order valence-corrected chi connectivity index (χ4v) is 6.37. The van der Waals surface area contributed by atoms with E-state index in [0.29, 0.717) is 38.7 Å². The van der Waals surface area contributed by atoms with Crippen LogP contribution in [0.1, 0.15) is 5.56 Å². The Morgan fingerprint density at radius 3 is 2.12 bits per heavy atom. The van der Waals surface area contributed by atoms with Crippen molar-refractivity contribution in [2.24, 2.45) is 10.2 Å². The van der Waals surface area contributed by atoms with Gasteiger partial charge >= 0.3 is 0 Å². The summed E-state index contributed by atoms with van der Waals surface area (Å²) in [4.78, 5) is 23.3. The van der Waals surface area contributed by atoms with Crippen molar-refractivity contribution in [1.82, 2.24) is 15.0 Å². The standard InChI is InChI=1S/C29H23Br2ClN8O7S2/c1-15-12-16(8-10-21(15)39-40-22-6-2-5-19-18(22)4-3-7-24(19)48(42,43)44)34-28-36-27(32)37-29(38-28)35-23-13-17(33-26(41)20(31)14-30)9-11-25(23)49(45,46)47/h2-13,20H,14H2,1H3,(H,33,41)(H,42,43,44)(H,45,46,47)(H2,34,35,36,37,38). The van der Waals surface area contributed by atoms with Crippen molar-refractivity contribution in [3.05, 3.63) is 83.6 Å². The molecule has 0 fully saturated rings. The molecule has 4 aromatic carbocycles. The number of aromatic nitrogens is 3. The van der Waals surface area contributed by atoms with Crippen molar-refractivity contribution in [2.45, 2.75) is 21.5 Å². The molecule has 49 heavy (non-hydrogen) atoms. The fourth-order valence-electron chi connectivity index (χ4n) is 4.46. The number of benzene rings is 4. The Morgan fingerprint density at radius 2 is 1.45 bits per heavy atom. The van der Waals surface area contributed by atoms with Crippen LogP contribution in [0.4, 0.5) is 40.3 Å². The summed E-state index contributed by atoms with van der Waals surface area (Å²) in [5.41, 5.74) is 2.17. The summed E-state index contributed by atoms with van der Waals surface area (Å²) >= 11 is 12.5. The molecule has 0 saturated carbocycles. The van der Waals surface area contributed by atoms with Gasteiger partial charge in [0.05, 0.1) is 17.1 Å².